The average molecular weight is 148 g/mol. The second-order valence-electron chi connectivity index (χ2n) is 2.77. The van der Waals surface area contributed by atoms with E-state index in [-0.39, 0.29) is 5.54 Å². The van der Waals surface area contributed by atoms with Crippen LogP contribution in [0, 0.1) is 0 Å². The molecule has 0 rings (SSSR count). The van der Waals surface area contributed by atoms with Crippen LogP contribution in [-0.4, -0.2) is 25.2 Å². The van der Waals surface area contributed by atoms with Crippen LogP contribution in [-0.2, 0) is 0 Å². The first kappa shape index (κ1) is 12.5. The first-order chi connectivity index (χ1) is 4.47. The van der Waals surface area contributed by atoms with Crippen molar-refractivity contribution in [2.45, 2.75) is 19.4 Å². The Morgan fingerprint density at radius 3 is 1.20 bits per heavy atom. The molecule has 0 atom stereocenters. The number of hydrogen-bond acceptors (Lipinski definition) is 4. The van der Waals surface area contributed by atoms with Crippen LogP contribution in [0.25, 0.3) is 0 Å². The summed E-state index contributed by atoms with van der Waals surface area (Å²) in [5.41, 5.74) is 20.2. The SMILES string of the molecule is CC(C)(N)CN.NCCN. The first-order valence-electron chi connectivity index (χ1n) is 3.37. The topological polar surface area (TPSA) is 104 Å². The molecule has 0 aliphatic carbocycles. The molecule has 0 radical (unpaired) electrons. The van der Waals surface area contributed by atoms with E-state index in [0.29, 0.717) is 19.6 Å². The Balaban J connectivity index is 0. The predicted octanol–water partition coefficient (Wildman–Crippen LogP) is -1.41. The fraction of sp³-hybridized carbons (Fsp3) is 1.00. The molecule has 0 spiro atoms. The highest BCUT2D eigenvalue weighted by atomic mass is 14.8. The third-order valence-electron chi connectivity index (χ3n) is 0.693. The molecule has 0 amide bonds. The van der Waals surface area contributed by atoms with Crippen molar-refractivity contribution in [2.75, 3.05) is 19.6 Å². The molecule has 0 saturated carbocycles. The molecule has 0 heterocycles. The molecule has 64 valence electrons. The van der Waals surface area contributed by atoms with Gasteiger partial charge in [-0.25, -0.2) is 0 Å². The van der Waals surface area contributed by atoms with Crippen molar-refractivity contribution < 1.29 is 0 Å². The summed E-state index contributed by atoms with van der Waals surface area (Å²) in [5, 5.41) is 0. The van der Waals surface area contributed by atoms with E-state index in [0.717, 1.165) is 0 Å². The van der Waals surface area contributed by atoms with E-state index in [4.69, 9.17) is 22.9 Å². The Hall–Kier alpha value is -0.160. The van der Waals surface area contributed by atoms with Gasteiger partial charge in [0.05, 0.1) is 0 Å². The molecule has 0 fully saturated rings. The van der Waals surface area contributed by atoms with E-state index in [1.165, 1.54) is 0 Å². The van der Waals surface area contributed by atoms with Crippen molar-refractivity contribution in [1.82, 2.24) is 0 Å². The van der Waals surface area contributed by atoms with Gasteiger partial charge in [0, 0.05) is 25.2 Å². The zero-order chi connectivity index (χ0) is 8.62. The Kier molecular flexibility index (Phi) is 8.70. The maximum atomic E-state index is 5.41. The Morgan fingerprint density at radius 1 is 1.00 bits per heavy atom. The fourth-order valence-electron chi connectivity index (χ4n) is 0. The Bertz CT molecular complexity index is 55.3. The van der Waals surface area contributed by atoms with Crippen LogP contribution >= 0.6 is 0 Å². The smallest absolute Gasteiger partial charge is 0.0221 e. The third-order valence-corrected chi connectivity index (χ3v) is 0.693. The van der Waals surface area contributed by atoms with Crippen LogP contribution in [0.3, 0.4) is 0 Å². The lowest BCUT2D eigenvalue weighted by Crippen LogP contribution is -2.40. The summed E-state index contributed by atoms with van der Waals surface area (Å²) in [6.45, 7) is 5.53. The zero-order valence-corrected chi connectivity index (χ0v) is 6.93. The van der Waals surface area contributed by atoms with E-state index in [2.05, 4.69) is 0 Å². The van der Waals surface area contributed by atoms with Gasteiger partial charge in [0.25, 0.3) is 0 Å². The first-order valence-corrected chi connectivity index (χ1v) is 3.37. The molecule has 8 N–H and O–H groups in total. The summed E-state index contributed by atoms with van der Waals surface area (Å²) in [4.78, 5) is 0. The van der Waals surface area contributed by atoms with E-state index >= 15 is 0 Å². The quantitative estimate of drug-likeness (QED) is 0.386. The van der Waals surface area contributed by atoms with E-state index < -0.39 is 0 Å². The lowest BCUT2D eigenvalue weighted by atomic mass is 10.1. The normalized spacial score (nSPS) is 10.2. The summed E-state index contributed by atoms with van der Waals surface area (Å²) >= 11 is 0. The molecule has 0 bridgehead atoms. The minimum Gasteiger partial charge on any atom is -0.329 e. The lowest BCUT2D eigenvalue weighted by molar-refractivity contribution is 0.532. The third kappa shape index (κ3) is 24.9. The van der Waals surface area contributed by atoms with Crippen LogP contribution < -0.4 is 22.9 Å². The van der Waals surface area contributed by atoms with E-state index in [9.17, 15) is 0 Å². The highest BCUT2D eigenvalue weighted by Crippen LogP contribution is 1.88. The standard InChI is InChI=1S/C4H12N2.C2H8N2/c1-4(2,6)3-5;3-1-2-4/h3,5-6H2,1-2H3;1-4H2. The predicted molar refractivity (Wildman–Crippen MR) is 45.4 cm³/mol. The zero-order valence-electron chi connectivity index (χ0n) is 6.93. The number of rotatable bonds is 2. The summed E-state index contributed by atoms with van der Waals surface area (Å²) in [5.74, 6) is 0. The second-order valence-corrected chi connectivity index (χ2v) is 2.77. The lowest BCUT2D eigenvalue weighted by Gasteiger charge is -2.13. The van der Waals surface area contributed by atoms with Gasteiger partial charge in [0.1, 0.15) is 0 Å². The molecule has 0 aromatic rings. The molecule has 0 aliphatic rings. The van der Waals surface area contributed by atoms with Gasteiger partial charge in [0.15, 0.2) is 0 Å². The molecular formula is C6H20N4. The molecule has 0 aliphatic heterocycles. The molecule has 10 heavy (non-hydrogen) atoms. The molecule has 0 unspecified atom stereocenters. The highest BCUT2D eigenvalue weighted by molar-refractivity contribution is 4.70. The van der Waals surface area contributed by atoms with Crippen molar-refractivity contribution in [2.24, 2.45) is 22.9 Å². The van der Waals surface area contributed by atoms with Gasteiger partial charge in [-0.3, -0.25) is 0 Å². The molecule has 4 heteroatoms. The van der Waals surface area contributed by atoms with Crippen LogP contribution in [0.4, 0.5) is 0 Å². The van der Waals surface area contributed by atoms with Gasteiger partial charge in [-0.1, -0.05) is 0 Å². The molecular weight excluding hydrogens is 128 g/mol. The van der Waals surface area contributed by atoms with Crippen molar-refractivity contribution >= 4 is 0 Å². The van der Waals surface area contributed by atoms with Gasteiger partial charge in [-0.15, -0.1) is 0 Å². The molecule has 0 aromatic heterocycles. The van der Waals surface area contributed by atoms with Crippen molar-refractivity contribution in [3.8, 4) is 0 Å². The minimum atomic E-state index is -0.181. The Labute approximate surface area is 62.9 Å². The molecule has 0 aromatic carbocycles. The summed E-state index contributed by atoms with van der Waals surface area (Å²) in [6.07, 6.45) is 0. The molecule has 0 saturated heterocycles. The monoisotopic (exact) mass is 148 g/mol. The van der Waals surface area contributed by atoms with Gasteiger partial charge >= 0.3 is 0 Å². The minimum absolute atomic E-state index is 0.181. The summed E-state index contributed by atoms with van der Waals surface area (Å²) in [6, 6.07) is 0. The van der Waals surface area contributed by atoms with E-state index in [1.807, 2.05) is 13.8 Å². The Morgan fingerprint density at radius 2 is 1.20 bits per heavy atom. The van der Waals surface area contributed by atoms with Gasteiger partial charge in [-0.2, -0.15) is 0 Å². The number of hydrogen-bond donors (Lipinski definition) is 4. The second kappa shape index (κ2) is 6.95. The van der Waals surface area contributed by atoms with Gasteiger partial charge in [-0.05, 0) is 13.8 Å². The fourth-order valence-corrected chi connectivity index (χ4v) is 0. The maximum absolute atomic E-state index is 5.41. The van der Waals surface area contributed by atoms with Crippen molar-refractivity contribution in [3.05, 3.63) is 0 Å². The van der Waals surface area contributed by atoms with E-state index in [1.54, 1.807) is 0 Å². The molecule has 4 nitrogen and oxygen atoms in total. The number of nitrogens with two attached hydrogens (primary N) is 4. The summed E-state index contributed by atoms with van der Waals surface area (Å²) < 4.78 is 0. The largest absolute Gasteiger partial charge is 0.329 e. The van der Waals surface area contributed by atoms with Crippen molar-refractivity contribution in [3.63, 3.8) is 0 Å². The van der Waals surface area contributed by atoms with Crippen LogP contribution in [0.2, 0.25) is 0 Å². The maximum Gasteiger partial charge on any atom is 0.0221 e. The van der Waals surface area contributed by atoms with Gasteiger partial charge < -0.3 is 22.9 Å². The highest BCUT2D eigenvalue weighted by Gasteiger charge is 2.04. The van der Waals surface area contributed by atoms with Crippen LogP contribution in [0.15, 0.2) is 0 Å². The van der Waals surface area contributed by atoms with Crippen molar-refractivity contribution in [1.29, 1.82) is 0 Å². The summed E-state index contributed by atoms with van der Waals surface area (Å²) in [7, 11) is 0. The van der Waals surface area contributed by atoms with Crippen LogP contribution in [0.5, 0.6) is 0 Å². The average Bonchev–Trinajstić information content (AvgIpc) is 1.87. The van der Waals surface area contributed by atoms with Crippen LogP contribution in [0.1, 0.15) is 13.8 Å². The van der Waals surface area contributed by atoms with Gasteiger partial charge in [0.2, 0.25) is 0 Å².